The molecule has 0 aliphatic rings. The molecule has 2 rings (SSSR count). The fourth-order valence-corrected chi connectivity index (χ4v) is 1.54. The number of aromatic amines is 1. The molecule has 1 heterocycles. The lowest BCUT2D eigenvalue weighted by molar-refractivity contribution is 1.10. The third-order valence-corrected chi connectivity index (χ3v) is 2.38. The van der Waals surface area contributed by atoms with E-state index in [0.29, 0.717) is 0 Å². The van der Waals surface area contributed by atoms with Crippen molar-refractivity contribution in [2.24, 2.45) is 0 Å². The van der Waals surface area contributed by atoms with Crippen LogP contribution in [-0.4, -0.2) is 10.2 Å². The fourth-order valence-electron chi connectivity index (χ4n) is 1.12. The lowest BCUT2D eigenvalue weighted by atomic mass is 10.1. The average Bonchev–Trinajstić information content (AvgIpc) is 2.53. The molecule has 3 nitrogen and oxygen atoms in total. The molecule has 0 atom stereocenters. The normalized spacial score (nSPS) is 10.2. The Kier molecular flexibility index (Phi) is 2.06. The van der Waals surface area contributed by atoms with Crippen LogP contribution in [0.2, 0.25) is 0 Å². The van der Waals surface area contributed by atoms with E-state index in [9.17, 15) is 0 Å². The van der Waals surface area contributed by atoms with E-state index in [0.717, 1.165) is 21.4 Å². The Morgan fingerprint density at radius 3 is 2.46 bits per heavy atom. The van der Waals surface area contributed by atoms with Gasteiger partial charge in [-0.2, -0.15) is 5.10 Å². The minimum Gasteiger partial charge on any atom is -0.399 e. The standard InChI is InChI=1S/C9H8BrN3/c10-8-5-12-13-9(8)6-1-3-7(11)4-2-6/h1-5H,11H2,(H,12,13). The summed E-state index contributed by atoms with van der Waals surface area (Å²) in [5.74, 6) is 0. The maximum atomic E-state index is 5.58. The van der Waals surface area contributed by atoms with Gasteiger partial charge in [0, 0.05) is 17.4 Å². The third kappa shape index (κ3) is 1.58. The first-order chi connectivity index (χ1) is 6.27. The number of aromatic nitrogens is 2. The van der Waals surface area contributed by atoms with Gasteiger partial charge in [0.05, 0.1) is 4.47 Å². The summed E-state index contributed by atoms with van der Waals surface area (Å²) in [6.45, 7) is 0. The van der Waals surface area contributed by atoms with Crippen LogP contribution in [0.4, 0.5) is 5.69 Å². The number of benzene rings is 1. The summed E-state index contributed by atoms with van der Waals surface area (Å²) in [4.78, 5) is 0. The number of halogens is 1. The van der Waals surface area contributed by atoms with Crippen molar-refractivity contribution in [1.82, 2.24) is 10.2 Å². The monoisotopic (exact) mass is 237 g/mol. The van der Waals surface area contributed by atoms with Crippen molar-refractivity contribution >= 4 is 21.6 Å². The van der Waals surface area contributed by atoms with Crippen LogP contribution in [-0.2, 0) is 0 Å². The van der Waals surface area contributed by atoms with Gasteiger partial charge < -0.3 is 5.73 Å². The summed E-state index contributed by atoms with van der Waals surface area (Å²) in [6, 6.07) is 7.60. The topological polar surface area (TPSA) is 54.7 Å². The molecule has 1 aromatic carbocycles. The van der Waals surface area contributed by atoms with Gasteiger partial charge in [0.15, 0.2) is 0 Å². The van der Waals surface area contributed by atoms with Crippen LogP contribution in [0, 0.1) is 0 Å². The van der Waals surface area contributed by atoms with E-state index in [1.165, 1.54) is 0 Å². The molecule has 13 heavy (non-hydrogen) atoms. The predicted octanol–water partition coefficient (Wildman–Crippen LogP) is 2.42. The van der Waals surface area contributed by atoms with Gasteiger partial charge in [0.25, 0.3) is 0 Å². The molecule has 0 unspecified atom stereocenters. The van der Waals surface area contributed by atoms with Gasteiger partial charge >= 0.3 is 0 Å². The van der Waals surface area contributed by atoms with Crippen LogP contribution in [0.3, 0.4) is 0 Å². The second-order valence-corrected chi connectivity index (χ2v) is 3.56. The van der Waals surface area contributed by atoms with Gasteiger partial charge in [-0.15, -0.1) is 0 Å². The van der Waals surface area contributed by atoms with Gasteiger partial charge in [0.1, 0.15) is 5.69 Å². The largest absolute Gasteiger partial charge is 0.399 e. The lowest BCUT2D eigenvalue weighted by Crippen LogP contribution is -1.84. The molecule has 2 aromatic rings. The van der Waals surface area contributed by atoms with Crippen molar-refractivity contribution in [2.75, 3.05) is 5.73 Å². The molecule has 0 aliphatic heterocycles. The van der Waals surface area contributed by atoms with E-state index in [1.807, 2.05) is 24.3 Å². The number of nitrogen functional groups attached to an aromatic ring is 1. The highest BCUT2D eigenvalue weighted by atomic mass is 79.9. The van der Waals surface area contributed by atoms with Crippen LogP contribution >= 0.6 is 15.9 Å². The molecular formula is C9H8BrN3. The molecule has 0 fully saturated rings. The lowest BCUT2D eigenvalue weighted by Gasteiger charge is -1.97. The molecule has 4 heteroatoms. The number of nitrogens with zero attached hydrogens (tertiary/aromatic N) is 1. The summed E-state index contributed by atoms with van der Waals surface area (Å²) in [5.41, 5.74) is 8.28. The Morgan fingerprint density at radius 1 is 1.23 bits per heavy atom. The molecule has 0 spiro atoms. The predicted molar refractivity (Wildman–Crippen MR) is 56.1 cm³/mol. The number of nitrogens with one attached hydrogen (secondary N) is 1. The molecule has 1 aromatic heterocycles. The van der Waals surface area contributed by atoms with Crippen molar-refractivity contribution in [3.05, 3.63) is 34.9 Å². The van der Waals surface area contributed by atoms with E-state index in [4.69, 9.17) is 5.73 Å². The fraction of sp³-hybridized carbons (Fsp3) is 0. The smallest absolute Gasteiger partial charge is 0.106 e. The molecule has 0 bridgehead atoms. The van der Waals surface area contributed by atoms with Crippen molar-refractivity contribution in [3.63, 3.8) is 0 Å². The molecule has 0 amide bonds. The molecule has 66 valence electrons. The number of nitrogens with two attached hydrogens (primary N) is 1. The highest BCUT2D eigenvalue weighted by Crippen LogP contribution is 2.25. The van der Waals surface area contributed by atoms with E-state index in [1.54, 1.807) is 6.20 Å². The Balaban J connectivity index is 2.47. The molecule has 0 aliphatic carbocycles. The number of hydrogen-bond acceptors (Lipinski definition) is 2. The molecule has 0 saturated carbocycles. The van der Waals surface area contributed by atoms with Crippen LogP contribution in [0.1, 0.15) is 0 Å². The first kappa shape index (κ1) is 8.31. The summed E-state index contributed by atoms with van der Waals surface area (Å²) in [5, 5.41) is 6.89. The minimum absolute atomic E-state index is 0.760. The summed E-state index contributed by atoms with van der Waals surface area (Å²) in [6.07, 6.45) is 1.80. The Bertz CT molecular complexity index is 405. The second kappa shape index (κ2) is 3.22. The van der Waals surface area contributed by atoms with E-state index >= 15 is 0 Å². The maximum absolute atomic E-state index is 5.58. The number of anilines is 1. The first-order valence-corrected chi connectivity index (χ1v) is 4.62. The quantitative estimate of drug-likeness (QED) is 0.749. The molecular weight excluding hydrogens is 230 g/mol. The van der Waals surface area contributed by atoms with E-state index in [-0.39, 0.29) is 0 Å². The van der Waals surface area contributed by atoms with Crippen LogP contribution in [0.25, 0.3) is 11.3 Å². The summed E-state index contributed by atoms with van der Waals surface area (Å²) >= 11 is 3.40. The average molecular weight is 238 g/mol. The minimum atomic E-state index is 0.760. The van der Waals surface area contributed by atoms with Crippen LogP contribution in [0.5, 0.6) is 0 Å². The number of rotatable bonds is 1. The Labute approximate surface area is 84.1 Å². The van der Waals surface area contributed by atoms with E-state index < -0.39 is 0 Å². The number of H-pyrrole nitrogens is 1. The van der Waals surface area contributed by atoms with Gasteiger partial charge in [-0.05, 0) is 28.1 Å². The zero-order valence-electron chi connectivity index (χ0n) is 6.79. The van der Waals surface area contributed by atoms with E-state index in [2.05, 4.69) is 26.1 Å². The van der Waals surface area contributed by atoms with Crippen molar-refractivity contribution in [1.29, 1.82) is 0 Å². The maximum Gasteiger partial charge on any atom is 0.106 e. The molecule has 0 radical (unpaired) electrons. The van der Waals surface area contributed by atoms with Gasteiger partial charge in [0.2, 0.25) is 0 Å². The zero-order chi connectivity index (χ0) is 9.26. The van der Waals surface area contributed by atoms with Gasteiger partial charge in [-0.3, -0.25) is 5.10 Å². The van der Waals surface area contributed by atoms with Crippen LogP contribution < -0.4 is 5.73 Å². The summed E-state index contributed by atoms with van der Waals surface area (Å²) < 4.78 is 0.956. The molecule has 3 N–H and O–H groups in total. The van der Waals surface area contributed by atoms with Crippen LogP contribution in [0.15, 0.2) is 34.9 Å². The third-order valence-electron chi connectivity index (χ3n) is 1.78. The van der Waals surface area contributed by atoms with Gasteiger partial charge in [-0.25, -0.2) is 0 Å². The summed E-state index contributed by atoms with van der Waals surface area (Å²) in [7, 11) is 0. The Hall–Kier alpha value is -1.29. The van der Waals surface area contributed by atoms with Gasteiger partial charge in [-0.1, -0.05) is 12.1 Å². The SMILES string of the molecule is Nc1ccc(-c2n[nH]cc2Br)cc1. The van der Waals surface area contributed by atoms with Crippen molar-refractivity contribution < 1.29 is 0 Å². The number of hydrogen-bond donors (Lipinski definition) is 2. The Morgan fingerprint density at radius 2 is 1.92 bits per heavy atom. The highest BCUT2D eigenvalue weighted by Gasteiger charge is 2.04. The molecule has 0 saturated heterocycles. The van der Waals surface area contributed by atoms with Crippen molar-refractivity contribution in [2.45, 2.75) is 0 Å². The second-order valence-electron chi connectivity index (χ2n) is 2.70. The first-order valence-electron chi connectivity index (χ1n) is 3.82. The highest BCUT2D eigenvalue weighted by molar-refractivity contribution is 9.10. The van der Waals surface area contributed by atoms with Crippen molar-refractivity contribution in [3.8, 4) is 11.3 Å². The zero-order valence-corrected chi connectivity index (χ0v) is 8.38.